The monoisotopic (exact) mass is 320 g/mol. The molecule has 1 amide bonds. The molecule has 2 rings (SSSR count). The molecular weight excluding hydrogens is 300 g/mol. The molecule has 7 heteroatoms. The third-order valence-corrected chi connectivity index (χ3v) is 3.75. The Balaban J connectivity index is 1.84. The van der Waals surface area contributed by atoms with Crippen molar-refractivity contribution in [3.63, 3.8) is 0 Å². The number of carbonyl (C=O) groups is 1. The molecule has 22 heavy (non-hydrogen) atoms. The van der Waals surface area contributed by atoms with Crippen molar-refractivity contribution in [2.45, 2.75) is 45.1 Å². The molecule has 2 aromatic heterocycles. The molecule has 0 radical (unpaired) electrons. The van der Waals surface area contributed by atoms with E-state index in [2.05, 4.69) is 34.3 Å². The number of hydrogen-bond donors (Lipinski definition) is 1. The topological polar surface area (TPSA) is 80.9 Å². The number of amides is 1. The van der Waals surface area contributed by atoms with Crippen molar-refractivity contribution >= 4 is 23.5 Å². The molecular formula is C15H20N4O2S. The first-order chi connectivity index (χ1) is 10.4. The SMILES string of the molecule is Cc1cc(SCCC(=O)Nc2cc(C)on2)nc(C(C)C)n1. The summed E-state index contributed by atoms with van der Waals surface area (Å²) in [6.07, 6.45) is 0.386. The van der Waals surface area contributed by atoms with Gasteiger partial charge in [0.25, 0.3) is 0 Å². The lowest BCUT2D eigenvalue weighted by Crippen LogP contribution is -2.12. The average molecular weight is 320 g/mol. The number of nitrogens with one attached hydrogen (secondary N) is 1. The number of anilines is 1. The minimum atomic E-state index is -0.0874. The maximum absolute atomic E-state index is 11.8. The van der Waals surface area contributed by atoms with Crippen LogP contribution in [0.2, 0.25) is 0 Å². The van der Waals surface area contributed by atoms with E-state index in [0.29, 0.717) is 23.8 Å². The molecule has 0 aliphatic heterocycles. The van der Waals surface area contributed by atoms with Crippen molar-refractivity contribution in [1.82, 2.24) is 15.1 Å². The molecule has 0 fully saturated rings. The Bertz CT molecular complexity index is 655. The Hall–Kier alpha value is -1.89. The first kappa shape index (κ1) is 16.5. The summed E-state index contributed by atoms with van der Waals surface area (Å²) in [5, 5.41) is 7.33. The number of thioether (sulfide) groups is 1. The van der Waals surface area contributed by atoms with Crippen LogP contribution in [0.15, 0.2) is 21.7 Å². The fourth-order valence-corrected chi connectivity index (χ4v) is 2.68. The fraction of sp³-hybridized carbons (Fsp3) is 0.467. The van der Waals surface area contributed by atoms with Crippen LogP contribution in [-0.2, 0) is 4.79 Å². The third kappa shape index (κ3) is 4.84. The van der Waals surface area contributed by atoms with Crippen molar-refractivity contribution in [3.8, 4) is 0 Å². The highest BCUT2D eigenvalue weighted by molar-refractivity contribution is 7.99. The Labute approximate surface area is 134 Å². The van der Waals surface area contributed by atoms with Gasteiger partial charge in [0, 0.05) is 29.9 Å². The summed E-state index contributed by atoms with van der Waals surface area (Å²) in [5.74, 6) is 2.81. The van der Waals surface area contributed by atoms with Gasteiger partial charge in [-0.2, -0.15) is 0 Å². The lowest BCUT2D eigenvalue weighted by molar-refractivity contribution is -0.115. The van der Waals surface area contributed by atoms with Gasteiger partial charge in [-0.05, 0) is 19.9 Å². The van der Waals surface area contributed by atoms with Crippen LogP contribution in [0.5, 0.6) is 0 Å². The fourth-order valence-electron chi connectivity index (χ4n) is 1.77. The number of rotatable bonds is 6. The van der Waals surface area contributed by atoms with Crippen LogP contribution in [0.4, 0.5) is 5.82 Å². The van der Waals surface area contributed by atoms with Crippen LogP contribution in [0.3, 0.4) is 0 Å². The second-order valence-electron chi connectivity index (χ2n) is 5.33. The summed E-state index contributed by atoms with van der Waals surface area (Å²) in [4.78, 5) is 20.7. The van der Waals surface area contributed by atoms with Crippen molar-refractivity contribution in [2.75, 3.05) is 11.1 Å². The molecule has 2 heterocycles. The van der Waals surface area contributed by atoms with Gasteiger partial charge in [-0.15, -0.1) is 11.8 Å². The van der Waals surface area contributed by atoms with Crippen LogP contribution < -0.4 is 5.32 Å². The second kappa shape index (κ2) is 7.40. The predicted octanol–water partition coefficient (Wildman–Crippen LogP) is 3.33. The van der Waals surface area contributed by atoms with Gasteiger partial charge >= 0.3 is 0 Å². The van der Waals surface area contributed by atoms with Gasteiger partial charge in [0.1, 0.15) is 11.6 Å². The quantitative estimate of drug-likeness (QED) is 0.649. The molecule has 0 atom stereocenters. The zero-order chi connectivity index (χ0) is 16.1. The Morgan fingerprint density at radius 2 is 2.09 bits per heavy atom. The maximum Gasteiger partial charge on any atom is 0.226 e. The molecule has 0 bridgehead atoms. The minimum Gasteiger partial charge on any atom is -0.360 e. The molecule has 0 spiro atoms. The minimum absolute atomic E-state index is 0.0874. The van der Waals surface area contributed by atoms with Crippen LogP contribution in [-0.4, -0.2) is 26.8 Å². The maximum atomic E-state index is 11.8. The standard InChI is InChI=1S/C15H20N4O2S/c1-9(2)15-16-10(3)7-14(18-15)22-6-5-13(20)17-12-8-11(4)21-19-12/h7-9H,5-6H2,1-4H3,(H,17,19,20). The van der Waals surface area contributed by atoms with E-state index in [0.717, 1.165) is 16.5 Å². The largest absolute Gasteiger partial charge is 0.360 e. The highest BCUT2D eigenvalue weighted by Gasteiger charge is 2.09. The zero-order valence-corrected chi connectivity index (χ0v) is 14.0. The van der Waals surface area contributed by atoms with Crippen molar-refractivity contribution in [1.29, 1.82) is 0 Å². The summed E-state index contributed by atoms with van der Waals surface area (Å²) in [7, 11) is 0. The van der Waals surface area contributed by atoms with E-state index in [4.69, 9.17) is 4.52 Å². The summed E-state index contributed by atoms with van der Waals surface area (Å²) in [6.45, 7) is 7.87. The number of nitrogens with zero attached hydrogens (tertiary/aromatic N) is 3. The normalized spacial score (nSPS) is 11.0. The average Bonchev–Trinajstić information content (AvgIpc) is 2.83. The molecule has 0 unspecified atom stereocenters. The van der Waals surface area contributed by atoms with Gasteiger partial charge < -0.3 is 9.84 Å². The van der Waals surface area contributed by atoms with E-state index >= 15 is 0 Å². The van der Waals surface area contributed by atoms with E-state index in [-0.39, 0.29) is 11.8 Å². The molecule has 6 nitrogen and oxygen atoms in total. The Kier molecular flexibility index (Phi) is 5.54. The molecule has 0 saturated carbocycles. The summed E-state index contributed by atoms with van der Waals surface area (Å²) < 4.78 is 4.90. The van der Waals surface area contributed by atoms with Crippen LogP contribution in [0.1, 0.15) is 43.5 Å². The molecule has 0 aromatic carbocycles. The van der Waals surface area contributed by atoms with Crippen LogP contribution in [0, 0.1) is 13.8 Å². The summed E-state index contributed by atoms with van der Waals surface area (Å²) in [6, 6.07) is 3.63. The lowest BCUT2D eigenvalue weighted by Gasteiger charge is -2.07. The van der Waals surface area contributed by atoms with Gasteiger partial charge in [-0.3, -0.25) is 4.79 Å². The van der Waals surface area contributed by atoms with E-state index in [9.17, 15) is 4.79 Å². The van der Waals surface area contributed by atoms with E-state index in [1.807, 2.05) is 13.0 Å². The first-order valence-corrected chi connectivity index (χ1v) is 8.14. The highest BCUT2D eigenvalue weighted by atomic mass is 32.2. The highest BCUT2D eigenvalue weighted by Crippen LogP contribution is 2.20. The zero-order valence-electron chi connectivity index (χ0n) is 13.2. The lowest BCUT2D eigenvalue weighted by atomic mass is 10.2. The van der Waals surface area contributed by atoms with E-state index in [1.54, 1.807) is 24.8 Å². The van der Waals surface area contributed by atoms with Crippen molar-refractivity contribution in [3.05, 3.63) is 29.4 Å². The first-order valence-electron chi connectivity index (χ1n) is 7.15. The van der Waals surface area contributed by atoms with Crippen molar-refractivity contribution in [2.24, 2.45) is 0 Å². The van der Waals surface area contributed by atoms with E-state index in [1.165, 1.54) is 0 Å². The van der Waals surface area contributed by atoms with Crippen molar-refractivity contribution < 1.29 is 9.32 Å². The molecule has 2 aromatic rings. The van der Waals surface area contributed by atoms with Gasteiger partial charge in [0.05, 0.1) is 5.03 Å². The van der Waals surface area contributed by atoms with E-state index < -0.39 is 0 Å². The molecule has 118 valence electrons. The summed E-state index contributed by atoms with van der Waals surface area (Å²) in [5.41, 5.74) is 0.948. The molecule has 0 aliphatic rings. The number of aromatic nitrogens is 3. The Morgan fingerprint density at radius 3 is 2.73 bits per heavy atom. The molecule has 1 N–H and O–H groups in total. The Morgan fingerprint density at radius 1 is 1.32 bits per heavy atom. The number of carbonyl (C=O) groups excluding carboxylic acids is 1. The van der Waals surface area contributed by atoms with Gasteiger partial charge in [-0.1, -0.05) is 19.0 Å². The predicted molar refractivity (Wildman–Crippen MR) is 86.1 cm³/mol. The number of hydrogen-bond acceptors (Lipinski definition) is 6. The van der Waals surface area contributed by atoms with Gasteiger partial charge in [0.15, 0.2) is 5.82 Å². The molecule has 0 saturated heterocycles. The third-order valence-electron chi connectivity index (χ3n) is 2.84. The van der Waals surface area contributed by atoms with Crippen LogP contribution >= 0.6 is 11.8 Å². The number of aryl methyl sites for hydroxylation is 2. The van der Waals surface area contributed by atoms with Crippen LogP contribution in [0.25, 0.3) is 0 Å². The van der Waals surface area contributed by atoms with Gasteiger partial charge in [0.2, 0.25) is 5.91 Å². The summed E-state index contributed by atoms with van der Waals surface area (Å²) >= 11 is 1.55. The second-order valence-corrected chi connectivity index (χ2v) is 6.45. The van der Waals surface area contributed by atoms with Gasteiger partial charge in [-0.25, -0.2) is 9.97 Å². The smallest absolute Gasteiger partial charge is 0.226 e. The molecule has 0 aliphatic carbocycles.